The monoisotopic (exact) mass is 287 g/mol. The van der Waals surface area contributed by atoms with Crippen molar-refractivity contribution in [3.8, 4) is 5.88 Å². The van der Waals surface area contributed by atoms with Crippen LogP contribution in [-0.4, -0.2) is 46.1 Å². The molecule has 0 aliphatic carbocycles. The number of nitrogens with one attached hydrogen (secondary N) is 1. The number of nitrogen functional groups attached to an aromatic ring is 1. The number of hydrogen-bond acceptors (Lipinski definition) is 8. The minimum Gasteiger partial charge on any atom is -0.469 e. The first-order chi connectivity index (χ1) is 10.3. The number of rotatable bonds is 4. The molecular weight excluding hydrogens is 270 g/mol. The average Bonchev–Trinajstić information content (AvgIpc) is 2.54. The van der Waals surface area contributed by atoms with Crippen LogP contribution in [0.2, 0.25) is 0 Å². The predicted molar refractivity (Wildman–Crippen MR) is 77.9 cm³/mol. The molecule has 0 spiro atoms. The van der Waals surface area contributed by atoms with E-state index in [2.05, 4.69) is 30.2 Å². The second-order valence-corrected chi connectivity index (χ2v) is 4.62. The Morgan fingerprint density at radius 1 is 1.14 bits per heavy atom. The SMILES string of the molecule is Nc1nccc(COc2nccnc2N2CCNCC2)n1. The topological polar surface area (TPSA) is 102 Å². The van der Waals surface area contributed by atoms with Crippen molar-refractivity contribution >= 4 is 11.8 Å². The maximum absolute atomic E-state index is 5.75. The molecule has 0 unspecified atom stereocenters. The van der Waals surface area contributed by atoms with Crippen molar-refractivity contribution in [2.24, 2.45) is 0 Å². The summed E-state index contributed by atoms with van der Waals surface area (Å²) in [6.45, 7) is 3.91. The first-order valence-electron chi connectivity index (χ1n) is 6.80. The number of piperazine rings is 1. The lowest BCUT2D eigenvalue weighted by molar-refractivity contribution is 0.288. The van der Waals surface area contributed by atoms with Gasteiger partial charge in [-0.2, -0.15) is 0 Å². The first-order valence-corrected chi connectivity index (χ1v) is 6.80. The highest BCUT2D eigenvalue weighted by Gasteiger charge is 2.17. The van der Waals surface area contributed by atoms with Crippen molar-refractivity contribution in [1.82, 2.24) is 25.3 Å². The summed E-state index contributed by atoms with van der Waals surface area (Å²) in [5.41, 5.74) is 6.26. The second kappa shape index (κ2) is 6.31. The third kappa shape index (κ3) is 3.34. The summed E-state index contributed by atoms with van der Waals surface area (Å²) in [4.78, 5) is 18.8. The van der Waals surface area contributed by atoms with Crippen molar-refractivity contribution in [2.45, 2.75) is 6.61 Å². The van der Waals surface area contributed by atoms with E-state index in [0.29, 0.717) is 11.6 Å². The Hall–Kier alpha value is -2.48. The summed E-state index contributed by atoms with van der Waals surface area (Å²) < 4.78 is 5.75. The van der Waals surface area contributed by atoms with Crippen molar-refractivity contribution in [3.05, 3.63) is 30.4 Å². The normalized spacial score (nSPS) is 15.0. The molecule has 110 valence electrons. The first kappa shape index (κ1) is 13.5. The van der Waals surface area contributed by atoms with Gasteiger partial charge in [0.1, 0.15) is 6.61 Å². The average molecular weight is 287 g/mol. The molecule has 0 saturated carbocycles. The van der Waals surface area contributed by atoms with Gasteiger partial charge < -0.3 is 20.7 Å². The fraction of sp³-hybridized carbons (Fsp3) is 0.385. The van der Waals surface area contributed by atoms with Gasteiger partial charge in [0, 0.05) is 44.8 Å². The Kier molecular flexibility index (Phi) is 4.06. The summed E-state index contributed by atoms with van der Waals surface area (Å²) in [5, 5.41) is 3.31. The van der Waals surface area contributed by atoms with E-state index < -0.39 is 0 Å². The molecule has 3 rings (SSSR count). The summed E-state index contributed by atoms with van der Waals surface area (Å²) >= 11 is 0. The number of aromatic nitrogens is 4. The molecule has 3 heterocycles. The van der Waals surface area contributed by atoms with Gasteiger partial charge in [0.25, 0.3) is 5.88 Å². The predicted octanol–water partition coefficient (Wildman–Crippen LogP) is -0.163. The third-order valence-corrected chi connectivity index (χ3v) is 3.15. The standard InChI is InChI=1S/C13H17N7O/c14-13-18-2-1-10(19-13)9-21-12-11(16-3-4-17-12)20-7-5-15-6-8-20/h1-4,15H,5-9H2,(H2,14,18,19). The number of nitrogens with zero attached hydrogens (tertiary/aromatic N) is 5. The van der Waals surface area contributed by atoms with Gasteiger partial charge >= 0.3 is 0 Å². The Morgan fingerprint density at radius 2 is 1.95 bits per heavy atom. The van der Waals surface area contributed by atoms with E-state index in [0.717, 1.165) is 32.0 Å². The smallest absolute Gasteiger partial charge is 0.258 e. The van der Waals surface area contributed by atoms with E-state index in [1.165, 1.54) is 0 Å². The molecule has 0 aromatic carbocycles. The van der Waals surface area contributed by atoms with Gasteiger partial charge in [-0.25, -0.2) is 19.9 Å². The quantitative estimate of drug-likeness (QED) is 0.799. The molecule has 3 N–H and O–H groups in total. The highest BCUT2D eigenvalue weighted by atomic mass is 16.5. The lowest BCUT2D eigenvalue weighted by Crippen LogP contribution is -2.44. The highest BCUT2D eigenvalue weighted by molar-refractivity contribution is 5.48. The van der Waals surface area contributed by atoms with Crippen LogP contribution < -0.4 is 20.7 Å². The fourth-order valence-corrected chi connectivity index (χ4v) is 2.15. The molecule has 8 nitrogen and oxygen atoms in total. The van der Waals surface area contributed by atoms with Crippen molar-refractivity contribution < 1.29 is 4.74 Å². The molecule has 21 heavy (non-hydrogen) atoms. The minimum absolute atomic E-state index is 0.234. The van der Waals surface area contributed by atoms with Crippen LogP contribution in [0.25, 0.3) is 0 Å². The van der Waals surface area contributed by atoms with Crippen molar-refractivity contribution in [1.29, 1.82) is 0 Å². The number of anilines is 2. The third-order valence-electron chi connectivity index (χ3n) is 3.15. The summed E-state index contributed by atoms with van der Waals surface area (Å²) in [7, 11) is 0. The largest absolute Gasteiger partial charge is 0.469 e. The van der Waals surface area contributed by atoms with Gasteiger partial charge in [-0.3, -0.25) is 0 Å². The van der Waals surface area contributed by atoms with E-state index in [1.807, 2.05) is 0 Å². The van der Waals surface area contributed by atoms with Crippen LogP contribution in [-0.2, 0) is 6.61 Å². The molecule has 8 heteroatoms. The molecule has 1 aliphatic rings. The van der Waals surface area contributed by atoms with Gasteiger partial charge in [-0.05, 0) is 6.07 Å². The minimum atomic E-state index is 0.234. The zero-order valence-corrected chi connectivity index (χ0v) is 11.6. The fourth-order valence-electron chi connectivity index (χ4n) is 2.15. The van der Waals surface area contributed by atoms with Gasteiger partial charge in [0.05, 0.1) is 5.69 Å². The number of nitrogens with two attached hydrogens (primary N) is 1. The van der Waals surface area contributed by atoms with Crippen molar-refractivity contribution in [2.75, 3.05) is 36.8 Å². The Balaban J connectivity index is 1.73. The maximum atomic E-state index is 5.75. The van der Waals surface area contributed by atoms with Crippen molar-refractivity contribution in [3.63, 3.8) is 0 Å². The van der Waals surface area contributed by atoms with Crippen LogP contribution in [0.4, 0.5) is 11.8 Å². The van der Waals surface area contributed by atoms with E-state index in [-0.39, 0.29) is 12.6 Å². The molecule has 1 aliphatic heterocycles. The number of ether oxygens (including phenoxy) is 1. The zero-order valence-electron chi connectivity index (χ0n) is 11.6. The lowest BCUT2D eigenvalue weighted by Gasteiger charge is -2.28. The van der Waals surface area contributed by atoms with Crippen LogP contribution >= 0.6 is 0 Å². The maximum Gasteiger partial charge on any atom is 0.258 e. The molecule has 0 amide bonds. The zero-order chi connectivity index (χ0) is 14.5. The highest BCUT2D eigenvalue weighted by Crippen LogP contribution is 2.23. The second-order valence-electron chi connectivity index (χ2n) is 4.62. The summed E-state index contributed by atoms with van der Waals surface area (Å²) in [6, 6.07) is 1.76. The van der Waals surface area contributed by atoms with E-state index >= 15 is 0 Å². The number of hydrogen-bond donors (Lipinski definition) is 2. The molecule has 0 radical (unpaired) electrons. The molecule has 0 atom stereocenters. The molecule has 1 saturated heterocycles. The van der Waals surface area contributed by atoms with E-state index in [4.69, 9.17) is 10.5 Å². The molecular formula is C13H17N7O. The van der Waals surface area contributed by atoms with E-state index in [1.54, 1.807) is 24.7 Å². The van der Waals surface area contributed by atoms with Gasteiger partial charge in [-0.1, -0.05) is 0 Å². The summed E-state index contributed by atoms with van der Waals surface area (Å²) in [6.07, 6.45) is 4.90. The van der Waals surface area contributed by atoms with Crippen LogP contribution in [0.3, 0.4) is 0 Å². The summed E-state index contributed by atoms with van der Waals surface area (Å²) in [5.74, 6) is 1.51. The Bertz CT molecular complexity index is 601. The van der Waals surface area contributed by atoms with Crippen LogP contribution in [0.5, 0.6) is 5.88 Å². The molecule has 2 aromatic rings. The van der Waals surface area contributed by atoms with Crippen LogP contribution in [0, 0.1) is 0 Å². The lowest BCUT2D eigenvalue weighted by atomic mass is 10.3. The van der Waals surface area contributed by atoms with Crippen LogP contribution in [0.1, 0.15) is 5.69 Å². The molecule has 2 aromatic heterocycles. The Morgan fingerprint density at radius 3 is 2.76 bits per heavy atom. The molecule has 1 fully saturated rings. The van der Waals surface area contributed by atoms with Gasteiger partial charge in [-0.15, -0.1) is 0 Å². The van der Waals surface area contributed by atoms with Gasteiger partial charge in [0.2, 0.25) is 5.95 Å². The van der Waals surface area contributed by atoms with Gasteiger partial charge in [0.15, 0.2) is 5.82 Å². The van der Waals surface area contributed by atoms with Crippen LogP contribution in [0.15, 0.2) is 24.7 Å². The van der Waals surface area contributed by atoms with E-state index in [9.17, 15) is 0 Å². The molecule has 0 bridgehead atoms. The Labute approximate surface area is 122 Å².